The van der Waals surface area contributed by atoms with E-state index in [4.69, 9.17) is 4.74 Å². The highest BCUT2D eigenvalue weighted by Crippen LogP contribution is 2.39. The van der Waals surface area contributed by atoms with Crippen molar-refractivity contribution in [2.75, 3.05) is 6.61 Å². The van der Waals surface area contributed by atoms with Crippen LogP contribution >= 0.6 is 0 Å². The van der Waals surface area contributed by atoms with Crippen molar-refractivity contribution in [1.82, 2.24) is 0 Å². The zero-order valence-corrected chi connectivity index (χ0v) is 11.3. The number of esters is 1. The van der Waals surface area contributed by atoms with E-state index >= 15 is 0 Å². The van der Waals surface area contributed by atoms with E-state index in [0.717, 1.165) is 0 Å². The van der Waals surface area contributed by atoms with Crippen LogP contribution in [0.5, 0.6) is 0 Å². The SMILES string of the molecule is CCCC(C(=O)O)(C(=O)OCC)C(CC)CC. The normalized spacial score (nSPS) is 14.4. The van der Waals surface area contributed by atoms with E-state index in [-0.39, 0.29) is 12.5 Å². The van der Waals surface area contributed by atoms with Crippen LogP contribution in [-0.2, 0) is 14.3 Å². The maximum Gasteiger partial charge on any atom is 0.323 e. The fourth-order valence-electron chi connectivity index (χ4n) is 2.48. The molecule has 1 unspecified atom stereocenters. The second-order valence-corrected chi connectivity index (χ2v) is 4.26. The van der Waals surface area contributed by atoms with Crippen LogP contribution in [0.2, 0.25) is 0 Å². The highest BCUT2D eigenvalue weighted by Gasteiger charge is 2.51. The highest BCUT2D eigenvalue weighted by molar-refractivity contribution is 5.99. The number of aliphatic carboxylic acids is 1. The minimum Gasteiger partial charge on any atom is -0.480 e. The summed E-state index contributed by atoms with van der Waals surface area (Å²) in [4.78, 5) is 23.6. The van der Waals surface area contributed by atoms with Gasteiger partial charge in [0.15, 0.2) is 5.41 Å². The minimum absolute atomic E-state index is 0.168. The maximum atomic E-state index is 12.1. The van der Waals surface area contributed by atoms with Crippen molar-refractivity contribution in [3.63, 3.8) is 0 Å². The molecule has 0 rings (SSSR count). The van der Waals surface area contributed by atoms with Gasteiger partial charge in [-0.3, -0.25) is 9.59 Å². The number of hydrogen-bond donors (Lipinski definition) is 1. The smallest absolute Gasteiger partial charge is 0.323 e. The Morgan fingerprint density at radius 2 is 1.71 bits per heavy atom. The lowest BCUT2D eigenvalue weighted by Gasteiger charge is -2.33. The summed E-state index contributed by atoms with van der Waals surface area (Å²) in [6.45, 7) is 7.64. The third-order valence-electron chi connectivity index (χ3n) is 3.35. The lowest BCUT2D eigenvalue weighted by Crippen LogP contribution is -2.46. The number of carbonyl (C=O) groups is 2. The lowest BCUT2D eigenvalue weighted by molar-refractivity contribution is -0.174. The minimum atomic E-state index is -1.37. The Kier molecular flexibility index (Phi) is 6.85. The molecule has 0 bridgehead atoms. The van der Waals surface area contributed by atoms with Gasteiger partial charge in [0.05, 0.1) is 6.61 Å². The van der Waals surface area contributed by atoms with Crippen LogP contribution in [0.3, 0.4) is 0 Å². The summed E-state index contributed by atoms with van der Waals surface area (Å²) in [6, 6.07) is 0. The third-order valence-corrected chi connectivity index (χ3v) is 3.35. The van der Waals surface area contributed by atoms with Crippen molar-refractivity contribution < 1.29 is 19.4 Å². The molecule has 0 radical (unpaired) electrons. The fraction of sp³-hybridized carbons (Fsp3) is 0.846. The third kappa shape index (κ3) is 3.20. The molecular weight excluding hydrogens is 220 g/mol. The van der Waals surface area contributed by atoms with E-state index in [1.54, 1.807) is 6.92 Å². The Labute approximate surface area is 103 Å². The number of hydrogen-bond acceptors (Lipinski definition) is 3. The molecule has 4 nitrogen and oxygen atoms in total. The summed E-state index contributed by atoms with van der Waals surface area (Å²) in [5, 5.41) is 9.48. The van der Waals surface area contributed by atoms with Crippen molar-refractivity contribution in [2.45, 2.75) is 53.4 Å². The zero-order chi connectivity index (χ0) is 13.5. The van der Waals surface area contributed by atoms with E-state index in [2.05, 4.69) is 0 Å². The molecule has 0 aliphatic rings. The monoisotopic (exact) mass is 244 g/mol. The molecule has 0 aromatic rings. The number of carboxylic acids is 1. The van der Waals surface area contributed by atoms with Gasteiger partial charge in [-0.2, -0.15) is 0 Å². The second kappa shape index (κ2) is 7.30. The van der Waals surface area contributed by atoms with E-state index in [1.807, 2.05) is 20.8 Å². The molecule has 0 saturated carbocycles. The van der Waals surface area contributed by atoms with Gasteiger partial charge in [0.1, 0.15) is 0 Å². The quantitative estimate of drug-likeness (QED) is 0.526. The second-order valence-electron chi connectivity index (χ2n) is 4.26. The summed E-state index contributed by atoms with van der Waals surface area (Å²) >= 11 is 0. The molecule has 0 aliphatic carbocycles. The Hall–Kier alpha value is -1.06. The van der Waals surface area contributed by atoms with E-state index < -0.39 is 17.4 Å². The van der Waals surface area contributed by atoms with E-state index in [1.165, 1.54) is 0 Å². The summed E-state index contributed by atoms with van der Waals surface area (Å²) in [7, 11) is 0. The van der Waals surface area contributed by atoms with Gasteiger partial charge >= 0.3 is 11.9 Å². The topological polar surface area (TPSA) is 63.6 Å². The molecule has 1 N–H and O–H groups in total. The standard InChI is InChI=1S/C13H24O4/c1-5-9-13(11(14)15,10(6-2)7-3)12(16)17-8-4/h10H,5-9H2,1-4H3,(H,14,15). The van der Waals surface area contributed by atoms with Crippen LogP contribution in [0.4, 0.5) is 0 Å². The van der Waals surface area contributed by atoms with Crippen molar-refractivity contribution in [3.05, 3.63) is 0 Å². The summed E-state index contributed by atoms with van der Waals surface area (Å²) < 4.78 is 4.99. The van der Waals surface area contributed by atoms with Crippen LogP contribution in [-0.4, -0.2) is 23.7 Å². The molecule has 0 fully saturated rings. The van der Waals surface area contributed by atoms with Gasteiger partial charge in [0, 0.05) is 0 Å². The highest BCUT2D eigenvalue weighted by atomic mass is 16.5. The molecule has 0 heterocycles. The molecule has 0 aromatic heterocycles. The van der Waals surface area contributed by atoms with Crippen LogP contribution in [0.25, 0.3) is 0 Å². The van der Waals surface area contributed by atoms with Crippen LogP contribution in [0, 0.1) is 11.3 Å². The Morgan fingerprint density at radius 3 is 2.00 bits per heavy atom. The molecule has 17 heavy (non-hydrogen) atoms. The van der Waals surface area contributed by atoms with Crippen molar-refractivity contribution in [1.29, 1.82) is 0 Å². The van der Waals surface area contributed by atoms with Gasteiger partial charge in [-0.05, 0) is 19.3 Å². The molecule has 100 valence electrons. The molecule has 0 aromatic carbocycles. The first-order valence-electron chi connectivity index (χ1n) is 6.41. The Bertz CT molecular complexity index is 258. The van der Waals surface area contributed by atoms with Crippen LogP contribution in [0.1, 0.15) is 53.4 Å². The molecule has 0 saturated heterocycles. The molecule has 4 heteroatoms. The molecular formula is C13H24O4. The molecule has 0 spiro atoms. The van der Waals surface area contributed by atoms with Gasteiger partial charge in [0.2, 0.25) is 0 Å². The predicted octanol–water partition coefficient (Wildman–Crippen LogP) is 2.86. The molecule has 0 amide bonds. The Balaban J connectivity index is 5.39. The number of carboxylic acid groups (broad SMARTS) is 1. The van der Waals surface area contributed by atoms with Crippen molar-refractivity contribution >= 4 is 11.9 Å². The maximum absolute atomic E-state index is 12.1. The average molecular weight is 244 g/mol. The van der Waals surface area contributed by atoms with Crippen molar-refractivity contribution in [3.8, 4) is 0 Å². The fourth-order valence-corrected chi connectivity index (χ4v) is 2.48. The van der Waals surface area contributed by atoms with Crippen molar-refractivity contribution in [2.24, 2.45) is 11.3 Å². The van der Waals surface area contributed by atoms with Crippen LogP contribution in [0.15, 0.2) is 0 Å². The summed E-state index contributed by atoms with van der Waals surface area (Å²) in [5.41, 5.74) is -1.37. The number of rotatable bonds is 8. The van der Waals surface area contributed by atoms with E-state index in [9.17, 15) is 14.7 Å². The molecule has 0 aliphatic heterocycles. The largest absolute Gasteiger partial charge is 0.480 e. The summed E-state index contributed by atoms with van der Waals surface area (Å²) in [6.07, 6.45) is 2.33. The average Bonchev–Trinajstić information content (AvgIpc) is 2.29. The predicted molar refractivity (Wildman–Crippen MR) is 65.7 cm³/mol. The van der Waals surface area contributed by atoms with E-state index in [0.29, 0.717) is 25.7 Å². The van der Waals surface area contributed by atoms with Gasteiger partial charge in [0.25, 0.3) is 0 Å². The zero-order valence-electron chi connectivity index (χ0n) is 11.3. The number of carbonyl (C=O) groups excluding carboxylic acids is 1. The lowest BCUT2D eigenvalue weighted by atomic mass is 9.69. The molecule has 1 atom stereocenters. The van der Waals surface area contributed by atoms with Gasteiger partial charge in [-0.1, -0.05) is 40.0 Å². The van der Waals surface area contributed by atoms with Gasteiger partial charge in [-0.25, -0.2) is 0 Å². The van der Waals surface area contributed by atoms with Crippen LogP contribution < -0.4 is 0 Å². The Morgan fingerprint density at radius 1 is 1.18 bits per heavy atom. The first-order valence-corrected chi connectivity index (χ1v) is 6.41. The summed E-state index contributed by atoms with van der Waals surface area (Å²) in [5.74, 6) is -1.80. The van der Waals surface area contributed by atoms with Gasteiger partial charge in [-0.15, -0.1) is 0 Å². The van der Waals surface area contributed by atoms with Gasteiger partial charge < -0.3 is 9.84 Å². The first kappa shape index (κ1) is 15.9. The number of ether oxygens (including phenoxy) is 1. The first-order chi connectivity index (χ1) is 8.00.